The molecule has 0 radical (unpaired) electrons. The van der Waals surface area contributed by atoms with E-state index in [1.807, 2.05) is 18.8 Å². The molecule has 0 saturated heterocycles. The highest BCUT2D eigenvalue weighted by Gasteiger charge is 2.21. The van der Waals surface area contributed by atoms with E-state index in [4.69, 9.17) is 0 Å². The Hall–Kier alpha value is -0.790. The van der Waals surface area contributed by atoms with Gasteiger partial charge in [0, 0.05) is 32.4 Å². The van der Waals surface area contributed by atoms with Crippen LogP contribution < -0.4 is 10.6 Å². The van der Waals surface area contributed by atoms with Gasteiger partial charge < -0.3 is 10.6 Å². The van der Waals surface area contributed by atoms with E-state index in [2.05, 4.69) is 41.5 Å². The van der Waals surface area contributed by atoms with Crippen LogP contribution in [0.25, 0.3) is 0 Å². The highest BCUT2D eigenvalue weighted by atomic mass is 127. The number of aliphatic imine (C=N–C) groups is 1. The lowest BCUT2D eigenvalue weighted by Gasteiger charge is -2.18. The molecule has 1 heterocycles. The molecule has 2 rings (SSSR count). The molecule has 1 fully saturated rings. The van der Waals surface area contributed by atoms with Crippen LogP contribution in [0.2, 0.25) is 0 Å². The summed E-state index contributed by atoms with van der Waals surface area (Å²) in [5.41, 5.74) is 3.71. The molecule has 0 spiro atoms. The summed E-state index contributed by atoms with van der Waals surface area (Å²) in [6, 6.07) is 0.335. The zero-order valence-electron chi connectivity index (χ0n) is 13.7. The van der Waals surface area contributed by atoms with Gasteiger partial charge in [0.25, 0.3) is 0 Å². The molecule has 0 bridgehead atoms. The van der Waals surface area contributed by atoms with E-state index in [0.29, 0.717) is 6.04 Å². The Morgan fingerprint density at radius 3 is 2.57 bits per heavy atom. The minimum Gasteiger partial charge on any atom is -0.356 e. The van der Waals surface area contributed by atoms with Crippen molar-refractivity contribution in [2.24, 2.45) is 18.0 Å². The smallest absolute Gasteiger partial charge is 0.191 e. The number of aryl methyl sites for hydroxylation is 2. The number of nitrogens with zero attached hydrogens (tertiary/aromatic N) is 3. The SMILES string of the molecule is CN=C(NCC1CC1)NC(C)Cc1c(C)nn(C)c1C.I. The van der Waals surface area contributed by atoms with Crippen molar-refractivity contribution in [3.05, 3.63) is 17.0 Å². The number of halogens is 1. The molecule has 0 amide bonds. The minimum atomic E-state index is 0. The average Bonchev–Trinajstić information content (AvgIpc) is 3.20. The van der Waals surface area contributed by atoms with Gasteiger partial charge in [-0.05, 0) is 51.5 Å². The highest BCUT2D eigenvalue weighted by Crippen LogP contribution is 2.27. The molecule has 21 heavy (non-hydrogen) atoms. The summed E-state index contributed by atoms with van der Waals surface area (Å²) in [6.07, 6.45) is 3.68. The second-order valence-corrected chi connectivity index (χ2v) is 5.92. The molecule has 1 atom stereocenters. The Labute approximate surface area is 145 Å². The Morgan fingerprint density at radius 2 is 2.10 bits per heavy atom. The summed E-state index contributed by atoms with van der Waals surface area (Å²) in [7, 11) is 3.83. The summed E-state index contributed by atoms with van der Waals surface area (Å²) >= 11 is 0. The van der Waals surface area contributed by atoms with Crippen LogP contribution in [0.5, 0.6) is 0 Å². The Bertz CT molecular complexity index is 490. The van der Waals surface area contributed by atoms with Crippen LogP contribution in [-0.2, 0) is 13.5 Å². The maximum Gasteiger partial charge on any atom is 0.191 e. The monoisotopic (exact) mass is 405 g/mol. The van der Waals surface area contributed by atoms with Crippen molar-refractivity contribution in [2.75, 3.05) is 13.6 Å². The molecule has 1 saturated carbocycles. The molecule has 1 unspecified atom stereocenters. The van der Waals surface area contributed by atoms with Crippen LogP contribution >= 0.6 is 24.0 Å². The van der Waals surface area contributed by atoms with Crippen LogP contribution in [0.3, 0.4) is 0 Å². The average molecular weight is 405 g/mol. The molecule has 1 aromatic rings. The summed E-state index contributed by atoms with van der Waals surface area (Å²) in [6.45, 7) is 7.44. The van der Waals surface area contributed by atoms with E-state index >= 15 is 0 Å². The Morgan fingerprint density at radius 1 is 1.43 bits per heavy atom. The van der Waals surface area contributed by atoms with Gasteiger partial charge in [0.15, 0.2) is 5.96 Å². The predicted octanol–water partition coefficient (Wildman–Crippen LogP) is 2.16. The lowest BCUT2D eigenvalue weighted by Crippen LogP contribution is -2.43. The number of guanidine groups is 1. The minimum absolute atomic E-state index is 0. The predicted molar refractivity (Wildman–Crippen MR) is 98.5 cm³/mol. The Balaban J connectivity index is 0.00000220. The van der Waals surface area contributed by atoms with Gasteiger partial charge in [-0.15, -0.1) is 24.0 Å². The molecule has 0 aromatic carbocycles. The van der Waals surface area contributed by atoms with Crippen molar-refractivity contribution in [1.29, 1.82) is 0 Å². The molecule has 1 aliphatic rings. The maximum atomic E-state index is 4.47. The molecule has 120 valence electrons. The number of hydrogen-bond donors (Lipinski definition) is 2. The molecule has 1 aliphatic carbocycles. The van der Waals surface area contributed by atoms with E-state index in [1.165, 1.54) is 24.1 Å². The maximum absolute atomic E-state index is 4.47. The first-order valence-corrected chi connectivity index (χ1v) is 7.47. The lowest BCUT2D eigenvalue weighted by molar-refractivity contribution is 0.629. The third kappa shape index (κ3) is 5.16. The number of hydrogen-bond acceptors (Lipinski definition) is 2. The van der Waals surface area contributed by atoms with Crippen LogP contribution in [0.4, 0.5) is 0 Å². The largest absolute Gasteiger partial charge is 0.356 e. The van der Waals surface area contributed by atoms with Gasteiger partial charge in [-0.3, -0.25) is 9.67 Å². The molecular formula is C15H28IN5. The molecule has 1 aromatic heterocycles. The van der Waals surface area contributed by atoms with Gasteiger partial charge in [0.2, 0.25) is 0 Å². The Kier molecular flexibility index (Phi) is 6.96. The first-order valence-electron chi connectivity index (χ1n) is 7.47. The number of nitrogens with one attached hydrogen (secondary N) is 2. The van der Waals surface area contributed by atoms with Gasteiger partial charge in [-0.2, -0.15) is 5.10 Å². The fourth-order valence-electron chi connectivity index (χ4n) is 2.46. The first kappa shape index (κ1) is 18.3. The molecule has 5 nitrogen and oxygen atoms in total. The van der Waals surface area contributed by atoms with Crippen molar-refractivity contribution in [2.45, 2.75) is 46.1 Å². The van der Waals surface area contributed by atoms with Gasteiger partial charge in [0.05, 0.1) is 5.69 Å². The van der Waals surface area contributed by atoms with Crippen LogP contribution in [0.1, 0.15) is 36.7 Å². The zero-order chi connectivity index (χ0) is 14.7. The fourth-order valence-corrected chi connectivity index (χ4v) is 2.46. The summed E-state index contributed by atoms with van der Waals surface area (Å²) < 4.78 is 1.96. The van der Waals surface area contributed by atoms with Gasteiger partial charge in [-0.25, -0.2) is 0 Å². The van der Waals surface area contributed by atoms with Crippen molar-refractivity contribution in [3.63, 3.8) is 0 Å². The van der Waals surface area contributed by atoms with Crippen molar-refractivity contribution in [1.82, 2.24) is 20.4 Å². The van der Waals surface area contributed by atoms with Crippen LogP contribution in [-0.4, -0.2) is 35.4 Å². The number of rotatable bonds is 5. The summed E-state index contributed by atoms with van der Waals surface area (Å²) in [4.78, 5) is 4.29. The van der Waals surface area contributed by atoms with E-state index < -0.39 is 0 Å². The van der Waals surface area contributed by atoms with E-state index in [-0.39, 0.29) is 24.0 Å². The second kappa shape index (κ2) is 8.00. The highest BCUT2D eigenvalue weighted by molar-refractivity contribution is 14.0. The van der Waals surface area contributed by atoms with Crippen molar-refractivity contribution < 1.29 is 0 Å². The molecule has 0 aliphatic heterocycles. The summed E-state index contributed by atoms with van der Waals surface area (Å²) in [5, 5.41) is 11.3. The van der Waals surface area contributed by atoms with Gasteiger partial charge >= 0.3 is 0 Å². The van der Waals surface area contributed by atoms with E-state index in [0.717, 1.165) is 30.5 Å². The second-order valence-electron chi connectivity index (χ2n) is 5.92. The van der Waals surface area contributed by atoms with E-state index in [9.17, 15) is 0 Å². The first-order chi connectivity index (χ1) is 9.51. The zero-order valence-corrected chi connectivity index (χ0v) is 16.1. The normalized spacial score (nSPS) is 16.3. The molecular weight excluding hydrogens is 377 g/mol. The molecule has 6 heteroatoms. The summed E-state index contributed by atoms with van der Waals surface area (Å²) in [5.74, 6) is 1.76. The van der Waals surface area contributed by atoms with E-state index in [1.54, 1.807) is 0 Å². The van der Waals surface area contributed by atoms with Crippen LogP contribution in [0, 0.1) is 19.8 Å². The third-order valence-corrected chi connectivity index (χ3v) is 4.03. The standard InChI is InChI=1S/C15H27N5.HI/c1-10(8-14-11(2)19-20(5)12(14)3)18-15(16-4)17-9-13-6-7-13;/h10,13H,6-9H2,1-5H3,(H2,16,17,18);1H. The molecule has 2 N–H and O–H groups in total. The van der Waals surface area contributed by atoms with Gasteiger partial charge in [0.1, 0.15) is 0 Å². The van der Waals surface area contributed by atoms with Crippen molar-refractivity contribution >= 4 is 29.9 Å². The van der Waals surface area contributed by atoms with Crippen LogP contribution in [0.15, 0.2) is 4.99 Å². The quantitative estimate of drug-likeness (QED) is 0.449. The topological polar surface area (TPSA) is 54.2 Å². The number of aromatic nitrogens is 2. The lowest BCUT2D eigenvalue weighted by atomic mass is 10.1. The van der Waals surface area contributed by atoms with Gasteiger partial charge in [-0.1, -0.05) is 0 Å². The third-order valence-electron chi connectivity index (χ3n) is 4.03. The fraction of sp³-hybridized carbons (Fsp3) is 0.733. The van der Waals surface area contributed by atoms with Crippen molar-refractivity contribution in [3.8, 4) is 0 Å².